The van der Waals surface area contributed by atoms with Crippen molar-refractivity contribution in [3.8, 4) is 0 Å². The molecule has 2 aromatic carbocycles. The standard InChI is InChI=1S/C16H14FNO3/c17-14-8-4-2-6-12(14)10-18-15(19)9-11-5-1-3-7-13(11)16(20)21/h1-8H,9-10H2,(H,18,19)(H,20,21). The molecule has 108 valence electrons. The van der Waals surface area contributed by atoms with Crippen LogP contribution >= 0.6 is 0 Å². The first-order valence-corrected chi connectivity index (χ1v) is 6.39. The Balaban J connectivity index is 2.00. The maximum atomic E-state index is 13.4. The fourth-order valence-corrected chi connectivity index (χ4v) is 1.95. The van der Waals surface area contributed by atoms with Gasteiger partial charge in [-0.15, -0.1) is 0 Å². The number of hydrogen-bond acceptors (Lipinski definition) is 2. The molecule has 0 aliphatic rings. The van der Waals surface area contributed by atoms with Gasteiger partial charge in [-0.3, -0.25) is 4.79 Å². The predicted molar refractivity (Wildman–Crippen MR) is 75.4 cm³/mol. The van der Waals surface area contributed by atoms with Crippen LogP contribution in [0.4, 0.5) is 4.39 Å². The fourth-order valence-electron chi connectivity index (χ4n) is 1.95. The number of halogens is 1. The van der Waals surface area contributed by atoms with Gasteiger partial charge in [0.2, 0.25) is 5.91 Å². The first-order valence-electron chi connectivity index (χ1n) is 6.39. The SMILES string of the molecule is O=C(Cc1ccccc1C(=O)O)NCc1ccccc1F. The highest BCUT2D eigenvalue weighted by atomic mass is 19.1. The van der Waals surface area contributed by atoms with Gasteiger partial charge in [0.25, 0.3) is 0 Å². The second kappa shape index (κ2) is 6.65. The monoisotopic (exact) mass is 287 g/mol. The highest BCUT2D eigenvalue weighted by Gasteiger charge is 2.12. The maximum Gasteiger partial charge on any atom is 0.335 e. The number of amides is 1. The van der Waals surface area contributed by atoms with E-state index in [4.69, 9.17) is 5.11 Å². The summed E-state index contributed by atoms with van der Waals surface area (Å²) >= 11 is 0. The molecule has 1 amide bonds. The molecule has 0 saturated heterocycles. The van der Waals surface area contributed by atoms with Crippen LogP contribution in [-0.4, -0.2) is 17.0 Å². The van der Waals surface area contributed by atoms with E-state index in [1.165, 1.54) is 12.1 Å². The molecule has 2 N–H and O–H groups in total. The third-order valence-corrected chi connectivity index (χ3v) is 3.03. The second-order valence-electron chi connectivity index (χ2n) is 4.51. The molecular weight excluding hydrogens is 273 g/mol. The highest BCUT2D eigenvalue weighted by Crippen LogP contribution is 2.10. The van der Waals surface area contributed by atoms with Crippen LogP contribution in [0.2, 0.25) is 0 Å². The molecule has 2 rings (SSSR count). The first kappa shape index (κ1) is 14.7. The lowest BCUT2D eigenvalue weighted by Gasteiger charge is -2.08. The van der Waals surface area contributed by atoms with Crippen LogP contribution in [0.5, 0.6) is 0 Å². The molecule has 0 heterocycles. The third-order valence-electron chi connectivity index (χ3n) is 3.03. The molecule has 0 aromatic heterocycles. The van der Waals surface area contributed by atoms with Crippen molar-refractivity contribution in [3.05, 3.63) is 71.0 Å². The summed E-state index contributed by atoms with van der Waals surface area (Å²) in [6.45, 7) is 0.0702. The number of carboxylic acid groups (broad SMARTS) is 1. The highest BCUT2D eigenvalue weighted by molar-refractivity contribution is 5.91. The van der Waals surface area contributed by atoms with E-state index in [2.05, 4.69) is 5.32 Å². The average molecular weight is 287 g/mol. The number of carbonyl (C=O) groups excluding carboxylic acids is 1. The lowest BCUT2D eigenvalue weighted by atomic mass is 10.0. The first-order chi connectivity index (χ1) is 10.1. The lowest BCUT2D eigenvalue weighted by molar-refractivity contribution is -0.120. The molecule has 0 aliphatic carbocycles. The smallest absolute Gasteiger partial charge is 0.335 e. The van der Waals surface area contributed by atoms with Crippen LogP contribution in [-0.2, 0) is 17.8 Å². The van der Waals surface area contributed by atoms with Crippen LogP contribution in [0.25, 0.3) is 0 Å². The summed E-state index contributed by atoms with van der Waals surface area (Å²) in [5, 5.41) is 11.6. The van der Waals surface area contributed by atoms with Gasteiger partial charge in [0.15, 0.2) is 0 Å². The van der Waals surface area contributed by atoms with Crippen LogP contribution in [0, 0.1) is 5.82 Å². The Kier molecular flexibility index (Phi) is 4.66. The van der Waals surface area contributed by atoms with Crippen LogP contribution in [0.3, 0.4) is 0 Å². The molecular formula is C16H14FNO3. The van der Waals surface area contributed by atoms with Crippen molar-refractivity contribution in [2.45, 2.75) is 13.0 Å². The van der Waals surface area contributed by atoms with Crippen LogP contribution in [0.15, 0.2) is 48.5 Å². The molecule has 0 unspecified atom stereocenters. The van der Waals surface area contributed by atoms with E-state index in [0.29, 0.717) is 11.1 Å². The largest absolute Gasteiger partial charge is 0.478 e. The lowest BCUT2D eigenvalue weighted by Crippen LogP contribution is -2.25. The van der Waals surface area contributed by atoms with Crippen LogP contribution in [0.1, 0.15) is 21.5 Å². The zero-order valence-electron chi connectivity index (χ0n) is 11.2. The average Bonchev–Trinajstić information content (AvgIpc) is 2.47. The number of benzene rings is 2. The molecule has 0 fully saturated rings. The summed E-state index contributed by atoms with van der Waals surface area (Å²) in [7, 11) is 0. The Morgan fingerprint density at radius 1 is 1.00 bits per heavy atom. The number of carboxylic acids is 1. The van der Waals surface area contributed by atoms with Crippen molar-refractivity contribution in [2.75, 3.05) is 0 Å². The molecule has 5 heteroatoms. The molecule has 0 bridgehead atoms. The van der Waals surface area contributed by atoms with Gasteiger partial charge in [-0.2, -0.15) is 0 Å². The molecule has 4 nitrogen and oxygen atoms in total. The van der Waals surface area contributed by atoms with Crippen molar-refractivity contribution in [1.29, 1.82) is 0 Å². The number of aromatic carboxylic acids is 1. The number of nitrogens with one attached hydrogen (secondary N) is 1. The maximum absolute atomic E-state index is 13.4. The van der Waals surface area contributed by atoms with Crippen molar-refractivity contribution in [1.82, 2.24) is 5.32 Å². The summed E-state index contributed by atoms with van der Waals surface area (Å²) in [4.78, 5) is 22.9. The molecule has 2 aromatic rings. The predicted octanol–water partition coefficient (Wildman–Crippen LogP) is 2.38. The fraction of sp³-hybridized carbons (Fsp3) is 0.125. The summed E-state index contributed by atoms with van der Waals surface area (Å²) < 4.78 is 13.4. The van der Waals surface area contributed by atoms with Gasteiger partial charge in [-0.1, -0.05) is 36.4 Å². The van der Waals surface area contributed by atoms with E-state index in [1.807, 2.05) is 0 Å². The van der Waals surface area contributed by atoms with Gasteiger partial charge in [0.1, 0.15) is 5.82 Å². The Morgan fingerprint density at radius 3 is 2.29 bits per heavy atom. The minimum absolute atomic E-state index is 0.0586. The molecule has 0 radical (unpaired) electrons. The Morgan fingerprint density at radius 2 is 1.62 bits per heavy atom. The van der Waals surface area contributed by atoms with Crippen molar-refractivity contribution in [2.24, 2.45) is 0 Å². The Labute approximate surface area is 121 Å². The molecule has 0 saturated carbocycles. The van der Waals surface area contributed by atoms with E-state index < -0.39 is 5.97 Å². The van der Waals surface area contributed by atoms with Gasteiger partial charge < -0.3 is 10.4 Å². The van der Waals surface area contributed by atoms with Crippen molar-refractivity contribution in [3.63, 3.8) is 0 Å². The summed E-state index contributed by atoms with van der Waals surface area (Å²) in [6, 6.07) is 12.5. The Bertz CT molecular complexity index is 670. The zero-order chi connectivity index (χ0) is 15.2. The van der Waals surface area contributed by atoms with Crippen molar-refractivity contribution < 1.29 is 19.1 Å². The van der Waals surface area contributed by atoms with Crippen molar-refractivity contribution >= 4 is 11.9 Å². The normalized spacial score (nSPS) is 10.1. The summed E-state index contributed by atoms with van der Waals surface area (Å²) in [5.41, 5.74) is 0.909. The van der Waals surface area contributed by atoms with Gasteiger partial charge in [0, 0.05) is 12.1 Å². The molecule has 21 heavy (non-hydrogen) atoms. The third kappa shape index (κ3) is 3.89. The van der Waals surface area contributed by atoms with Gasteiger partial charge in [-0.25, -0.2) is 9.18 Å². The Hall–Kier alpha value is -2.69. The molecule has 0 atom stereocenters. The minimum Gasteiger partial charge on any atom is -0.478 e. The number of rotatable bonds is 5. The molecule has 0 aliphatic heterocycles. The van der Waals surface area contributed by atoms with Gasteiger partial charge >= 0.3 is 5.97 Å². The van der Waals surface area contributed by atoms with E-state index in [9.17, 15) is 14.0 Å². The topological polar surface area (TPSA) is 66.4 Å². The summed E-state index contributed by atoms with van der Waals surface area (Å²) in [6.07, 6.45) is -0.0586. The number of hydrogen-bond donors (Lipinski definition) is 2. The van der Waals surface area contributed by atoms with E-state index in [1.54, 1.807) is 36.4 Å². The van der Waals surface area contributed by atoms with E-state index in [-0.39, 0.29) is 30.3 Å². The van der Waals surface area contributed by atoms with Crippen LogP contribution < -0.4 is 5.32 Å². The van der Waals surface area contributed by atoms with E-state index >= 15 is 0 Å². The van der Waals surface area contributed by atoms with E-state index in [0.717, 1.165) is 0 Å². The molecule has 0 spiro atoms. The van der Waals surface area contributed by atoms with Gasteiger partial charge in [-0.05, 0) is 17.7 Å². The van der Waals surface area contributed by atoms with Gasteiger partial charge in [0.05, 0.1) is 12.0 Å². The quantitative estimate of drug-likeness (QED) is 0.887. The summed E-state index contributed by atoms with van der Waals surface area (Å²) in [5.74, 6) is -1.82. The second-order valence-corrected chi connectivity index (χ2v) is 4.51. The minimum atomic E-state index is -1.08. The zero-order valence-corrected chi connectivity index (χ0v) is 11.2. The number of carbonyl (C=O) groups is 2.